The summed E-state index contributed by atoms with van der Waals surface area (Å²) in [6.07, 6.45) is 0. The van der Waals surface area contributed by atoms with Gasteiger partial charge in [0.1, 0.15) is 11.2 Å². The summed E-state index contributed by atoms with van der Waals surface area (Å²) in [4.78, 5) is 2.30. The predicted molar refractivity (Wildman–Crippen MR) is 202 cm³/mol. The Kier molecular flexibility index (Phi) is 6.84. The van der Waals surface area contributed by atoms with Gasteiger partial charge in [-0.25, -0.2) is 0 Å². The van der Waals surface area contributed by atoms with E-state index >= 15 is 0 Å². The van der Waals surface area contributed by atoms with Gasteiger partial charge in [-0.1, -0.05) is 127 Å². The molecule has 0 amide bonds. The van der Waals surface area contributed by atoms with Gasteiger partial charge in [-0.15, -0.1) is 0 Å². The highest BCUT2D eigenvalue weighted by Gasteiger charge is 2.17. The van der Waals surface area contributed by atoms with Crippen molar-refractivity contribution in [2.75, 3.05) is 4.90 Å². The summed E-state index contributed by atoms with van der Waals surface area (Å²) in [6, 6.07) is 66.9. The van der Waals surface area contributed by atoms with Crippen LogP contribution in [-0.4, -0.2) is 0 Å². The minimum absolute atomic E-state index is 0.866. The number of hydrogen-bond acceptors (Lipinski definition) is 2. The highest BCUT2D eigenvalue weighted by atomic mass is 16.3. The number of benzene rings is 8. The van der Waals surface area contributed by atoms with Crippen LogP contribution in [0.1, 0.15) is 0 Å². The molecule has 0 aliphatic carbocycles. The lowest BCUT2D eigenvalue weighted by Crippen LogP contribution is -2.09. The summed E-state index contributed by atoms with van der Waals surface area (Å²) in [5.41, 5.74) is 12.1. The molecule has 226 valence electrons. The average molecular weight is 614 g/mol. The molecule has 0 aliphatic heterocycles. The van der Waals surface area contributed by atoms with E-state index in [4.69, 9.17) is 4.42 Å². The van der Waals surface area contributed by atoms with Gasteiger partial charge in [0.2, 0.25) is 0 Å². The maximum absolute atomic E-state index is 6.50. The van der Waals surface area contributed by atoms with Gasteiger partial charge in [-0.2, -0.15) is 0 Å². The summed E-state index contributed by atoms with van der Waals surface area (Å²) in [5.74, 6) is 0. The first-order valence-corrected chi connectivity index (χ1v) is 16.3. The maximum Gasteiger partial charge on any atom is 0.137 e. The van der Waals surface area contributed by atoms with Crippen LogP contribution in [0, 0.1) is 0 Å². The summed E-state index contributed by atoms with van der Waals surface area (Å²) < 4.78 is 6.50. The number of fused-ring (bicyclic) bond motifs is 4. The van der Waals surface area contributed by atoms with Gasteiger partial charge in [0.25, 0.3) is 0 Å². The van der Waals surface area contributed by atoms with Crippen LogP contribution in [0.5, 0.6) is 0 Å². The molecule has 9 aromatic rings. The molecule has 0 fully saturated rings. The summed E-state index contributed by atoms with van der Waals surface area (Å²) >= 11 is 0. The van der Waals surface area contributed by atoms with Crippen molar-refractivity contribution < 1.29 is 4.42 Å². The molecule has 0 unspecified atom stereocenters. The Labute approximate surface area is 279 Å². The number of nitrogens with zero attached hydrogens (tertiary/aromatic N) is 1. The molecule has 48 heavy (non-hydrogen) atoms. The quantitative estimate of drug-likeness (QED) is 0.185. The molecule has 1 aromatic heterocycles. The predicted octanol–water partition coefficient (Wildman–Crippen LogP) is 13.2. The van der Waals surface area contributed by atoms with Crippen molar-refractivity contribution in [3.05, 3.63) is 188 Å². The van der Waals surface area contributed by atoms with Crippen LogP contribution in [0.2, 0.25) is 0 Å². The lowest BCUT2D eigenvalue weighted by molar-refractivity contribution is 0.669. The molecule has 0 saturated heterocycles. The van der Waals surface area contributed by atoms with Crippen LogP contribution in [0.25, 0.3) is 66.1 Å². The third-order valence-corrected chi connectivity index (χ3v) is 9.26. The van der Waals surface area contributed by atoms with E-state index < -0.39 is 0 Å². The Morgan fingerprint density at radius 3 is 1.44 bits per heavy atom. The van der Waals surface area contributed by atoms with Gasteiger partial charge < -0.3 is 9.32 Å². The van der Waals surface area contributed by atoms with Crippen molar-refractivity contribution in [2.45, 2.75) is 0 Å². The Bertz CT molecular complexity index is 2450. The molecule has 0 N–H and O–H groups in total. The van der Waals surface area contributed by atoms with Crippen LogP contribution >= 0.6 is 0 Å². The van der Waals surface area contributed by atoms with E-state index in [1.54, 1.807) is 0 Å². The van der Waals surface area contributed by atoms with Gasteiger partial charge in [0.15, 0.2) is 0 Å². The van der Waals surface area contributed by atoms with Crippen LogP contribution in [0.15, 0.2) is 192 Å². The lowest BCUT2D eigenvalue weighted by atomic mass is 9.99. The van der Waals surface area contributed by atoms with E-state index in [0.717, 1.165) is 39.0 Å². The van der Waals surface area contributed by atoms with E-state index in [-0.39, 0.29) is 0 Å². The van der Waals surface area contributed by atoms with E-state index in [1.807, 2.05) is 0 Å². The second-order valence-corrected chi connectivity index (χ2v) is 12.2. The first-order valence-electron chi connectivity index (χ1n) is 16.3. The molecule has 0 bridgehead atoms. The van der Waals surface area contributed by atoms with Crippen molar-refractivity contribution in [3.63, 3.8) is 0 Å². The molecular formula is C46H31NO. The number of hydrogen-bond donors (Lipinski definition) is 0. The van der Waals surface area contributed by atoms with Gasteiger partial charge >= 0.3 is 0 Å². The molecule has 0 saturated carbocycles. The smallest absolute Gasteiger partial charge is 0.137 e. The fraction of sp³-hybridized carbons (Fsp3) is 0. The van der Waals surface area contributed by atoms with Crippen LogP contribution in [-0.2, 0) is 0 Å². The second kappa shape index (κ2) is 11.8. The molecule has 0 atom stereocenters. The largest absolute Gasteiger partial charge is 0.456 e. The zero-order valence-corrected chi connectivity index (χ0v) is 26.3. The zero-order chi connectivity index (χ0) is 31.9. The Morgan fingerprint density at radius 2 is 0.792 bits per heavy atom. The van der Waals surface area contributed by atoms with Gasteiger partial charge in [0.05, 0.1) is 0 Å². The van der Waals surface area contributed by atoms with Gasteiger partial charge in [0, 0.05) is 33.9 Å². The maximum atomic E-state index is 6.50. The SMILES string of the molecule is c1ccc(-c2ccc(N(c3ccc(-c4ccccc4)cc3)c3ccc4c(c3)oc3ccc(-c5ccc6ccccc6c5)cc34)cc2)cc1. The molecule has 1 heterocycles. The molecule has 0 spiro atoms. The molecule has 8 aromatic carbocycles. The van der Waals surface area contributed by atoms with E-state index in [0.29, 0.717) is 0 Å². The number of furan rings is 1. The normalized spacial score (nSPS) is 11.3. The Hall–Kier alpha value is -6.38. The van der Waals surface area contributed by atoms with Crippen LogP contribution in [0.4, 0.5) is 17.1 Å². The fourth-order valence-corrected chi connectivity index (χ4v) is 6.77. The van der Waals surface area contributed by atoms with Crippen molar-refractivity contribution in [1.29, 1.82) is 0 Å². The Morgan fingerprint density at radius 1 is 0.292 bits per heavy atom. The summed E-state index contributed by atoms with van der Waals surface area (Å²) in [6.45, 7) is 0. The first kappa shape index (κ1) is 27.9. The second-order valence-electron chi connectivity index (χ2n) is 12.2. The van der Waals surface area contributed by atoms with E-state index in [9.17, 15) is 0 Å². The van der Waals surface area contributed by atoms with Crippen molar-refractivity contribution >= 4 is 49.8 Å². The third kappa shape index (κ3) is 5.10. The third-order valence-electron chi connectivity index (χ3n) is 9.26. The van der Waals surface area contributed by atoms with E-state index in [1.165, 1.54) is 44.2 Å². The summed E-state index contributed by atoms with van der Waals surface area (Å²) in [5, 5.41) is 4.71. The van der Waals surface area contributed by atoms with Crippen LogP contribution in [0.3, 0.4) is 0 Å². The van der Waals surface area contributed by atoms with Crippen molar-refractivity contribution in [1.82, 2.24) is 0 Å². The van der Waals surface area contributed by atoms with E-state index in [2.05, 4.69) is 193 Å². The fourth-order valence-electron chi connectivity index (χ4n) is 6.77. The molecular weight excluding hydrogens is 583 g/mol. The minimum atomic E-state index is 0.866. The van der Waals surface area contributed by atoms with Crippen molar-refractivity contribution in [3.8, 4) is 33.4 Å². The highest BCUT2D eigenvalue weighted by Crippen LogP contribution is 2.40. The first-order chi connectivity index (χ1) is 23.8. The number of rotatable bonds is 6. The monoisotopic (exact) mass is 613 g/mol. The van der Waals surface area contributed by atoms with Crippen LogP contribution < -0.4 is 4.90 Å². The molecule has 2 heteroatoms. The average Bonchev–Trinajstić information content (AvgIpc) is 3.53. The summed E-state index contributed by atoms with van der Waals surface area (Å²) in [7, 11) is 0. The highest BCUT2D eigenvalue weighted by molar-refractivity contribution is 6.07. The van der Waals surface area contributed by atoms with Gasteiger partial charge in [-0.3, -0.25) is 0 Å². The number of anilines is 3. The van der Waals surface area contributed by atoms with Gasteiger partial charge in [-0.05, 0) is 98.8 Å². The molecule has 0 aliphatic rings. The molecule has 9 rings (SSSR count). The topological polar surface area (TPSA) is 16.4 Å². The van der Waals surface area contributed by atoms with Crippen molar-refractivity contribution in [2.24, 2.45) is 0 Å². The zero-order valence-electron chi connectivity index (χ0n) is 26.3. The molecule has 2 nitrogen and oxygen atoms in total. The Balaban J connectivity index is 1.13. The molecule has 0 radical (unpaired) electrons. The standard InChI is InChI=1S/C46H31NO/c1-3-9-32(10-4-1)35-17-22-40(23-18-35)47(41-24-19-36(20-25-41)33-11-5-2-6-12-33)42-26-27-43-44-30-39(21-28-45(44)48-46(43)31-42)38-16-15-34-13-7-8-14-37(34)29-38/h1-31H. The lowest BCUT2D eigenvalue weighted by Gasteiger charge is -2.26. The minimum Gasteiger partial charge on any atom is -0.456 e.